The number of para-hydroxylation sites is 1. The number of hydrogen-bond acceptors (Lipinski definition) is 3. The third-order valence-electron chi connectivity index (χ3n) is 1.23. The van der Waals surface area contributed by atoms with E-state index < -0.39 is 0 Å². The molecule has 0 unspecified atom stereocenters. The molecule has 0 aliphatic carbocycles. The quantitative estimate of drug-likeness (QED) is 0.611. The molecule has 2 aromatic rings. The summed E-state index contributed by atoms with van der Waals surface area (Å²) in [5, 5.41) is 17.8. The average molecular weight is 165 g/mol. The Morgan fingerprint density at radius 3 is 2.75 bits per heavy atom. The molecule has 0 bridgehead atoms. The van der Waals surface area contributed by atoms with Gasteiger partial charge in [-0.05, 0) is 19.1 Å². The minimum atomic E-state index is 0.250. The molecule has 0 aliphatic rings. The first-order valence-corrected chi connectivity index (χ1v) is 3.75. The molecule has 12 heavy (non-hydrogen) atoms. The lowest BCUT2D eigenvalue weighted by molar-refractivity contribution is 0.318. The van der Waals surface area contributed by atoms with Gasteiger partial charge in [-0.3, -0.25) is 5.10 Å². The van der Waals surface area contributed by atoms with Gasteiger partial charge >= 0.3 is 0 Å². The predicted octanol–water partition coefficient (Wildman–Crippen LogP) is 0.956. The van der Waals surface area contributed by atoms with Crippen LogP contribution in [-0.4, -0.2) is 27.1 Å². The molecule has 0 amide bonds. The van der Waals surface area contributed by atoms with Crippen molar-refractivity contribution in [2.24, 2.45) is 0 Å². The van der Waals surface area contributed by atoms with Crippen LogP contribution in [0.2, 0.25) is 0 Å². The van der Waals surface area contributed by atoms with Crippen molar-refractivity contribution in [3.8, 4) is 0 Å². The maximum Gasteiger partial charge on any atom is 0.112 e. The van der Waals surface area contributed by atoms with Crippen LogP contribution >= 0.6 is 0 Å². The second kappa shape index (κ2) is 4.46. The third kappa shape index (κ3) is 2.03. The van der Waals surface area contributed by atoms with Crippen molar-refractivity contribution in [3.05, 3.63) is 24.3 Å². The lowest BCUT2D eigenvalue weighted by Gasteiger charge is -1.79. The number of hydrogen-bond donors (Lipinski definition) is 2. The van der Waals surface area contributed by atoms with Crippen molar-refractivity contribution in [2.75, 3.05) is 6.61 Å². The Morgan fingerprint density at radius 1 is 1.42 bits per heavy atom. The summed E-state index contributed by atoms with van der Waals surface area (Å²) in [6, 6.07) is 7.74. The van der Waals surface area contributed by atoms with Crippen LogP contribution in [-0.2, 0) is 0 Å². The number of aliphatic hydroxyl groups excluding tert-OH is 1. The van der Waals surface area contributed by atoms with E-state index in [0.717, 1.165) is 11.0 Å². The van der Waals surface area contributed by atoms with E-state index in [1.807, 2.05) is 24.3 Å². The molecule has 0 spiro atoms. The fourth-order valence-electron chi connectivity index (χ4n) is 0.788. The molecule has 0 saturated heterocycles. The molecule has 4 nitrogen and oxygen atoms in total. The van der Waals surface area contributed by atoms with Gasteiger partial charge in [0.1, 0.15) is 5.52 Å². The van der Waals surface area contributed by atoms with Gasteiger partial charge in [-0.1, -0.05) is 17.3 Å². The molecule has 0 radical (unpaired) electrons. The largest absolute Gasteiger partial charge is 0.397 e. The van der Waals surface area contributed by atoms with Gasteiger partial charge in [-0.2, -0.15) is 0 Å². The normalized spacial score (nSPS) is 9.17. The Kier molecular flexibility index (Phi) is 3.22. The third-order valence-corrected chi connectivity index (χ3v) is 1.23. The van der Waals surface area contributed by atoms with Crippen LogP contribution < -0.4 is 0 Å². The van der Waals surface area contributed by atoms with Crippen molar-refractivity contribution in [1.29, 1.82) is 0 Å². The Labute approximate surface area is 70.2 Å². The van der Waals surface area contributed by atoms with Crippen LogP contribution in [0.25, 0.3) is 11.0 Å². The molecule has 0 saturated carbocycles. The number of rotatable bonds is 0. The molecule has 2 N–H and O–H groups in total. The molecule has 64 valence electrons. The van der Waals surface area contributed by atoms with Gasteiger partial charge in [0.15, 0.2) is 0 Å². The minimum Gasteiger partial charge on any atom is -0.397 e. The van der Waals surface area contributed by atoms with Gasteiger partial charge in [0.2, 0.25) is 0 Å². The number of aromatic nitrogens is 3. The number of nitrogens with zero attached hydrogens (tertiary/aromatic N) is 2. The SMILES string of the molecule is CCO.c1ccc2[nH]nnc2c1. The zero-order valence-corrected chi connectivity index (χ0v) is 6.86. The van der Waals surface area contributed by atoms with Crippen LogP contribution in [0.3, 0.4) is 0 Å². The second-order valence-electron chi connectivity index (χ2n) is 2.15. The highest BCUT2D eigenvalue weighted by Crippen LogP contribution is 2.03. The van der Waals surface area contributed by atoms with E-state index in [1.165, 1.54) is 0 Å². The minimum absolute atomic E-state index is 0.250. The summed E-state index contributed by atoms with van der Waals surface area (Å²) in [5.41, 5.74) is 1.90. The molecular weight excluding hydrogens is 154 g/mol. The van der Waals surface area contributed by atoms with Gasteiger partial charge in [0, 0.05) is 6.61 Å². The summed E-state index contributed by atoms with van der Waals surface area (Å²) >= 11 is 0. The fourth-order valence-corrected chi connectivity index (χ4v) is 0.788. The first-order valence-electron chi connectivity index (χ1n) is 3.75. The molecule has 0 aliphatic heterocycles. The molecule has 1 aromatic heterocycles. The van der Waals surface area contributed by atoms with Crippen molar-refractivity contribution in [1.82, 2.24) is 15.4 Å². The van der Waals surface area contributed by atoms with Crippen molar-refractivity contribution in [3.63, 3.8) is 0 Å². The van der Waals surface area contributed by atoms with E-state index >= 15 is 0 Å². The summed E-state index contributed by atoms with van der Waals surface area (Å²) in [7, 11) is 0. The van der Waals surface area contributed by atoms with E-state index in [-0.39, 0.29) is 6.61 Å². The van der Waals surface area contributed by atoms with Crippen LogP contribution in [0.15, 0.2) is 24.3 Å². The van der Waals surface area contributed by atoms with Crippen LogP contribution in [0, 0.1) is 0 Å². The van der Waals surface area contributed by atoms with Crippen molar-refractivity contribution in [2.45, 2.75) is 6.92 Å². The number of benzene rings is 1. The number of H-pyrrole nitrogens is 1. The average Bonchev–Trinajstić information content (AvgIpc) is 2.52. The molecular formula is C8H11N3O. The van der Waals surface area contributed by atoms with E-state index in [1.54, 1.807) is 6.92 Å². The number of aromatic amines is 1. The fraction of sp³-hybridized carbons (Fsp3) is 0.250. The van der Waals surface area contributed by atoms with E-state index in [0.29, 0.717) is 0 Å². The van der Waals surface area contributed by atoms with Gasteiger partial charge in [0.05, 0.1) is 5.52 Å². The number of aliphatic hydroxyl groups is 1. The monoisotopic (exact) mass is 165 g/mol. The highest BCUT2D eigenvalue weighted by atomic mass is 16.2. The summed E-state index contributed by atoms with van der Waals surface area (Å²) in [4.78, 5) is 0. The summed E-state index contributed by atoms with van der Waals surface area (Å²) in [6.45, 7) is 1.93. The zero-order chi connectivity index (χ0) is 8.81. The van der Waals surface area contributed by atoms with Crippen LogP contribution in [0.5, 0.6) is 0 Å². The highest BCUT2D eigenvalue weighted by Gasteiger charge is 1.90. The van der Waals surface area contributed by atoms with Gasteiger partial charge in [-0.15, -0.1) is 5.10 Å². The van der Waals surface area contributed by atoms with E-state index in [4.69, 9.17) is 5.11 Å². The molecule has 1 aromatic carbocycles. The maximum absolute atomic E-state index is 7.57. The Morgan fingerprint density at radius 2 is 2.08 bits per heavy atom. The van der Waals surface area contributed by atoms with Crippen molar-refractivity contribution >= 4 is 11.0 Å². The topological polar surface area (TPSA) is 61.8 Å². The van der Waals surface area contributed by atoms with Crippen LogP contribution in [0.4, 0.5) is 0 Å². The predicted molar refractivity (Wildman–Crippen MR) is 46.6 cm³/mol. The van der Waals surface area contributed by atoms with Gasteiger partial charge in [0.25, 0.3) is 0 Å². The number of nitrogens with one attached hydrogen (secondary N) is 1. The Balaban J connectivity index is 0.000000213. The first kappa shape index (κ1) is 8.67. The lowest BCUT2D eigenvalue weighted by Crippen LogP contribution is -1.63. The first-order chi connectivity index (χ1) is 5.88. The smallest absolute Gasteiger partial charge is 0.112 e. The van der Waals surface area contributed by atoms with Gasteiger partial charge in [-0.25, -0.2) is 0 Å². The Bertz CT molecular complexity index is 301. The molecule has 2 rings (SSSR count). The second-order valence-corrected chi connectivity index (χ2v) is 2.15. The molecule has 4 heteroatoms. The summed E-state index contributed by atoms with van der Waals surface area (Å²) < 4.78 is 0. The van der Waals surface area contributed by atoms with E-state index in [9.17, 15) is 0 Å². The number of fused-ring (bicyclic) bond motifs is 1. The van der Waals surface area contributed by atoms with Crippen molar-refractivity contribution < 1.29 is 5.11 Å². The molecule has 0 atom stereocenters. The zero-order valence-electron chi connectivity index (χ0n) is 6.86. The van der Waals surface area contributed by atoms with Crippen LogP contribution in [0.1, 0.15) is 6.92 Å². The lowest BCUT2D eigenvalue weighted by atomic mass is 10.3. The maximum atomic E-state index is 7.57. The standard InChI is InChI=1S/C6H5N3.C2H6O/c1-2-4-6-5(3-1)7-9-8-6;1-2-3/h1-4H,(H,7,8,9);3H,2H2,1H3. The molecule has 0 fully saturated rings. The summed E-state index contributed by atoms with van der Waals surface area (Å²) in [5.74, 6) is 0. The van der Waals surface area contributed by atoms with E-state index in [2.05, 4.69) is 15.4 Å². The Hall–Kier alpha value is -1.42. The van der Waals surface area contributed by atoms with Gasteiger partial charge < -0.3 is 5.11 Å². The highest BCUT2D eigenvalue weighted by molar-refractivity contribution is 5.72. The molecule has 1 heterocycles. The summed E-state index contributed by atoms with van der Waals surface area (Å²) in [6.07, 6.45) is 0.